The Kier molecular flexibility index (Phi) is 2.04. The lowest BCUT2D eigenvalue weighted by Crippen LogP contribution is -2.27. The molecule has 1 aliphatic rings. The van der Waals surface area contributed by atoms with Crippen molar-refractivity contribution in [2.24, 2.45) is 5.92 Å². The monoisotopic (exact) mass is 140 g/mol. The van der Waals surface area contributed by atoms with E-state index >= 15 is 0 Å². The van der Waals surface area contributed by atoms with Gasteiger partial charge in [-0.3, -0.25) is 15.3 Å². The van der Waals surface area contributed by atoms with E-state index in [0.29, 0.717) is 12.8 Å². The fraction of sp³-hybridized carbons (Fsp3) is 0.714. The van der Waals surface area contributed by atoms with Gasteiger partial charge in [0.2, 0.25) is 5.91 Å². The highest BCUT2D eigenvalue weighted by molar-refractivity contribution is 6.00. The molecular weight excluding hydrogens is 130 g/mol. The van der Waals surface area contributed by atoms with E-state index in [1.54, 1.807) is 0 Å². The maximum Gasteiger partial charge on any atom is 0.248 e. The summed E-state index contributed by atoms with van der Waals surface area (Å²) in [6.45, 7) is 0. The van der Waals surface area contributed by atoms with E-state index in [4.69, 9.17) is 5.73 Å². The van der Waals surface area contributed by atoms with E-state index in [2.05, 4.69) is 0 Å². The quantitative estimate of drug-likeness (QED) is 0.499. The lowest BCUT2D eigenvalue weighted by molar-refractivity contribution is -0.134. The maximum atomic E-state index is 10.9. The molecule has 0 aromatic heterocycles. The molecule has 0 aromatic carbocycles. The summed E-state index contributed by atoms with van der Waals surface area (Å²) >= 11 is 0. The van der Waals surface area contributed by atoms with Crippen LogP contribution in [0.4, 0.5) is 0 Å². The van der Waals surface area contributed by atoms with Crippen molar-refractivity contribution in [1.29, 1.82) is 0 Å². The average molecular weight is 140 g/mol. The Morgan fingerprint density at radius 1 is 1.50 bits per heavy atom. The molecule has 0 bridgehead atoms. The van der Waals surface area contributed by atoms with Crippen molar-refractivity contribution in [2.75, 3.05) is 0 Å². The standard InChI is InChI=1S/C7H10NO2/c8-7(10)5-3-1-2-4-6(5)9/h5,8H,1-4H2. The molecule has 55 valence electrons. The molecule has 1 amide bonds. The number of hydrogen-bond acceptors (Lipinski definition) is 2. The number of rotatable bonds is 1. The second-order valence-electron chi connectivity index (χ2n) is 2.63. The van der Waals surface area contributed by atoms with Crippen molar-refractivity contribution in [3.63, 3.8) is 0 Å². The van der Waals surface area contributed by atoms with Crippen molar-refractivity contribution in [2.45, 2.75) is 25.7 Å². The third-order valence-electron chi connectivity index (χ3n) is 1.87. The molecule has 1 fully saturated rings. The molecule has 3 heteroatoms. The second-order valence-corrected chi connectivity index (χ2v) is 2.63. The van der Waals surface area contributed by atoms with Gasteiger partial charge >= 0.3 is 0 Å². The predicted octanol–water partition coefficient (Wildman–Crippen LogP) is 0.555. The van der Waals surface area contributed by atoms with Gasteiger partial charge in [-0.1, -0.05) is 6.42 Å². The van der Waals surface area contributed by atoms with Crippen molar-refractivity contribution < 1.29 is 9.59 Å². The number of nitrogens with one attached hydrogen (secondary N) is 1. The molecule has 1 atom stereocenters. The largest absolute Gasteiger partial charge is 0.299 e. The molecule has 0 aliphatic heterocycles. The molecule has 0 aromatic rings. The molecule has 1 unspecified atom stereocenters. The molecule has 0 saturated heterocycles. The Bertz CT molecular complexity index is 165. The zero-order valence-corrected chi connectivity index (χ0v) is 5.72. The summed E-state index contributed by atoms with van der Waals surface area (Å²) in [7, 11) is 0. The number of hydrogen-bond donors (Lipinski definition) is 0. The van der Waals surface area contributed by atoms with Gasteiger partial charge in [0.25, 0.3) is 0 Å². The van der Waals surface area contributed by atoms with E-state index in [0.717, 1.165) is 12.8 Å². The number of carbonyl (C=O) groups is 2. The summed E-state index contributed by atoms with van der Waals surface area (Å²) in [4.78, 5) is 21.3. The first-order valence-corrected chi connectivity index (χ1v) is 3.50. The zero-order chi connectivity index (χ0) is 7.56. The number of Topliss-reactive ketones (excluding diaryl/α,β-unsaturated/α-hetero) is 1. The molecule has 1 saturated carbocycles. The highest BCUT2D eigenvalue weighted by atomic mass is 16.2. The molecule has 0 heterocycles. The van der Waals surface area contributed by atoms with Gasteiger partial charge in [-0.2, -0.15) is 0 Å². The maximum absolute atomic E-state index is 10.9. The predicted molar refractivity (Wildman–Crippen MR) is 35.1 cm³/mol. The molecule has 1 rings (SSSR count). The molecule has 3 nitrogen and oxygen atoms in total. The first kappa shape index (κ1) is 7.25. The topological polar surface area (TPSA) is 57.9 Å². The Balaban J connectivity index is 2.56. The minimum Gasteiger partial charge on any atom is -0.299 e. The van der Waals surface area contributed by atoms with E-state index in [1.807, 2.05) is 0 Å². The first-order chi connectivity index (χ1) is 4.72. The van der Waals surface area contributed by atoms with Crippen LogP contribution in [0.15, 0.2) is 0 Å². The Morgan fingerprint density at radius 3 is 2.60 bits per heavy atom. The molecular formula is C7H10NO2. The van der Waals surface area contributed by atoms with Crippen LogP contribution in [-0.4, -0.2) is 11.7 Å². The Labute approximate surface area is 59.6 Å². The average Bonchev–Trinajstić information content (AvgIpc) is 1.88. The third-order valence-corrected chi connectivity index (χ3v) is 1.87. The van der Waals surface area contributed by atoms with Crippen LogP contribution >= 0.6 is 0 Å². The number of amides is 1. The van der Waals surface area contributed by atoms with Crippen LogP contribution in [0.25, 0.3) is 0 Å². The van der Waals surface area contributed by atoms with Gasteiger partial charge in [0.15, 0.2) is 0 Å². The van der Waals surface area contributed by atoms with Crippen LogP contribution in [0.5, 0.6) is 0 Å². The third kappa shape index (κ3) is 1.35. The van der Waals surface area contributed by atoms with Crippen LogP contribution in [0, 0.1) is 5.92 Å². The lowest BCUT2D eigenvalue weighted by atomic mass is 9.88. The number of carbonyl (C=O) groups excluding carboxylic acids is 2. The summed E-state index contributed by atoms with van der Waals surface area (Å²) in [6.07, 6.45) is 2.90. The minimum atomic E-state index is -0.704. The second kappa shape index (κ2) is 2.82. The van der Waals surface area contributed by atoms with Crippen molar-refractivity contribution in [3.05, 3.63) is 0 Å². The van der Waals surface area contributed by atoms with E-state index < -0.39 is 11.8 Å². The normalized spacial score (nSPS) is 26.4. The fourth-order valence-corrected chi connectivity index (χ4v) is 1.26. The zero-order valence-electron chi connectivity index (χ0n) is 5.72. The summed E-state index contributed by atoms with van der Waals surface area (Å²) < 4.78 is 0. The SMILES string of the molecule is [NH]C(=O)C1CCCCC1=O. The molecule has 1 N–H and O–H groups in total. The van der Waals surface area contributed by atoms with Gasteiger partial charge in [0, 0.05) is 6.42 Å². The van der Waals surface area contributed by atoms with Crippen LogP contribution in [0.1, 0.15) is 25.7 Å². The van der Waals surface area contributed by atoms with Crippen molar-refractivity contribution in [3.8, 4) is 0 Å². The summed E-state index contributed by atoms with van der Waals surface area (Å²) in [5.74, 6) is -1.33. The van der Waals surface area contributed by atoms with Crippen LogP contribution < -0.4 is 5.73 Å². The van der Waals surface area contributed by atoms with Crippen LogP contribution in [-0.2, 0) is 9.59 Å². The van der Waals surface area contributed by atoms with Gasteiger partial charge < -0.3 is 0 Å². The minimum absolute atomic E-state index is 0.0359. The van der Waals surface area contributed by atoms with Gasteiger partial charge in [-0.05, 0) is 12.8 Å². The molecule has 1 radical (unpaired) electrons. The van der Waals surface area contributed by atoms with E-state index in [1.165, 1.54) is 0 Å². The smallest absolute Gasteiger partial charge is 0.248 e. The molecule has 0 spiro atoms. The summed E-state index contributed by atoms with van der Waals surface area (Å²) in [6, 6.07) is 0. The highest BCUT2D eigenvalue weighted by Crippen LogP contribution is 2.19. The van der Waals surface area contributed by atoms with Crippen LogP contribution in [0.3, 0.4) is 0 Å². The lowest BCUT2D eigenvalue weighted by Gasteiger charge is -2.15. The van der Waals surface area contributed by atoms with E-state index in [-0.39, 0.29) is 5.78 Å². The Morgan fingerprint density at radius 2 is 2.20 bits per heavy atom. The van der Waals surface area contributed by atoms with Gasteiger partial charge in [-0.15, -0.1) is 0 Å². The van der Waals surface area contributed by atoms with E-state index in [9.17, 15) is 9.59 Å². The Hall–Kier alpha value is -0.860. The van der Waals surface area contributed by atoms with Gasteiger partial charge in [0.05, 0.1) is 5.92 Å². The summed E-state index contributed by atoms with van der Waals surface area (Å²) in [5.41, 5.74) is 6.74. The molecule has 1 aliphatic carbocycles. The van der Waals surface area contributed by atoms with Gasteiger partial charge in [-0.25, -0.2) is 0 Å². The number of ketones is 1. The highest BCUT2D eigenvalue weighted by Gasteiger charge is 2.26. The summed E-state index contributed by atoms with van der Waals surface area (Å²) in [5, 5.41) is 0. The fourth-order valence-electron chi connectivity index (χ4n) is 1.26. The first-order valence-electron chi connectivity index (χ1n) is 3.50. The van der Waals surface area contributed by atoms with Crippen molar-refractivity contribution in [1.82, 2.24) is 5.73 Å². The van der Waals surface area contributed by atoms with Crippen LogP contribution in [0.2, 0.25) is 0 Å². The van der Waals surface area contributed by atoms with Crippen molar-refractivity contribution >= 4 is 11.7 Å². The molecule has 10 heavy (non-hydrogen) atoms. The van der Waals surface area contributed by atoms with Gasteiger partial charge in [0.1, 0.15) is 5.78 Å².